The lowest BCUT2D eigenvalue weighted by atomic mass is 10.0. The average molecular weight is 522 g/mol. The Kier molecular flexibility index (Phi) is 5.62. The summed E-state index contributed by atoms with van der Waals surface area (Å²) in [5, 5.41) is 4.06. The second kappa shape index (κ2) is 8.15. The number of para-hydroxylation sites is 1. The van der Waals surface area contributed by atoms with Crippen LogP contribution in [0.4, 0.5) is 5.69 Å². The quantitative estimate of drug-likeness (QED) is 0.307. The molecule has 140 valence electrons. The monoisotopic (exact) mass is 521 g/mol. The standard InChI is InChI=1S/C22H14Cl2INO2/c23-15-7-6-14(18(24)11-15)12-28-21-8-5-13(10-19(21)25)9-17-16-3-1-2-4-20(16)26-22(17)27/h1-11H,12H2,(H,26,27)/b17-9-. The summed E-state index contributed by atoms with van der Waals surface area (Å²) in [7, 11) is 0. The molecule has 1 aliphatic heterocycles. The highest BCUT2D eigenvalue weighted by Crippen LogP contribution is 2.33. The number of hydrogen-bond acceptors (Lipinski definition) is 2. The first-order chi connectivity index (χ1) is 13.5. The van der Waals surface area contributed by atoms with Gasteiger partial charge in [-0.15, -0.1) is 0 Å². The van der Waals surface area contributed by atoms with Crippen molar-refractivity contribution in [1.29, 1.82) is 0 Å². The summed E-state index contributed by atoms with van der Waals surface area (Å²) in [6, 6.07) is 18.8. The molecule has 28 heavy (non-hydrogen) atoms. The molecule has 0 spiro atoms. The number of amides is 1. The Morgan fingerprint density at radius 3 is 2.64 bits per heavy atom. The van der Waals surface area contributed by atoms with Gasteiger partial charge in [0.15, 0.2) is 0 Å². The molecular weight excluding hydrogens is 508 g/mol. The van der Waals surface area contributed by atoms with E-state index in [1.807, 2.05) is 54.6 Å². The summed E-state index contributed by atoms with van der Waals surface area (Å²) >= 11 is 14.4. The van der Waals surface area contributed by atoms with E-state index in [1.54, 1.807) is 12.1 Å². The summed E-state index contributed by atoms with van der Waals surface area (Å²) < 4.78 is 6.86. The molecule has 3 nitrogen and oxygen atoms in total. The van der Waals surface area contributed by atoms with Gasteiger partial charge in [0.05, 0.1) is 3.57 Å². The molecule has 0 unspecified atom stereocenters. The van der Waals surface area contributed by atoms with Crippen molar-refractivity contribution in [3.8, 4) is 5.75 Å². The Morgan fingerprint density at radius 2 is 1.86 bits per heavy atom. The van der Waals surface area contributed by atoms with Gasteiger partial charge in [-0.25, -0.2) is 0 Å². The zero-order valence-corrected chi connectivity index (χ0v) is 18.2. The second-order valence-electron chi connectivity index (χ2n) is 6.27. The van der Waals surface area contributed by atoms with Gasteiger partial charge in [-0.2, -0.15) is 0 Å². The van der Waals surface area contributed by atoms with Crippen LogP contribution in [-0.4, -0.2) is 5.91 Å². The molecule has 0 aliphatic carbocycles. The summed E-state index contributed by atoms with van der Waals surface area (Å²) in [6.07, 6.45) is 1.89. The molecule has 4 rings (SSSR count). The van der Waals surface area contributed by atoms with E-state index >= 15 is 0 Å². The van der Waals surface area contributed by atoms with Crippen molar-refractivity contribution in [2.24, 2.45) is 0 Å². The first kappa shape index (κ1) is 19.3. The fraction of sp³-hybridized carbons (Fsp3) is 0.0455. The molecule has 0 bridgehead atoms. The maximum Gasteiger partial charge on any atom is 0.256 e. The predicted molar refractivity (Wildman–Crippen MR) is 123 cm³/mol. The first-order valence-electron chi connectivity index (χ1n) is 8.50. The average Bonchev–Trinajstić information content (AvgIpc) is 2.98. The fourth-order valence-electron chi connectivity index (χ4n) is 2.97. The highest BCUT2D eigenvalue weighted by Gasteiger charge is 2.23. The minimum atomic E-state index is -0.0890. The van der Waals surface area contributed by atoms with Gasteiger partial charge in [0, 0.05) is 32.4 Å². The van der Waals surface area contributed by atoms with E-state index in [9.17, 15) is 4.79 Å². The minimum Gasteiger partial charge on any atom is -0.488 e. The lowest BCUT2D eigenvalue weighted by Crippen LogP contribution is -2.03. The number of hydrogen-bond donors (Lipinski definition) is 1. The number of fused-ring (bicyclic) bond motifs is 1. The van der Waals surface area contributed by atoms with Gasteiger partial charge in [-0.1, -0.05) is 53.5 Å². The van der Waals surface area contributed by atoms with Crippen molar-refractivity contribution in [1.82, 2.24) is 0 Å². The Balaban J connectivity index is 1.54. The van der Waals surface area contributed by atoms with Crippen LogP contribution in [0.3, 0.4) is 0 Å². The zero-order valence-electron chi connectivity index (χ0n) is 14.5. The smallest absolute Gasteiger partial charge is 0.256 e. The highest BCUT2D eigenvalue weighted by molar-refractivity contribution is 14.1. The van der Waals surface area contributed by atoms with Crippen molar-refractivity contribution in [2.75, 3.05) is 5.32 Å². The lowest BCUT2D eigenvalue weighted by Gasteiger charge is -2.10. The SMILES string of the molecule is O=C1Nc2ccccc2/C1=C/c1ccc(OCc2ccc(Cl)cc2Cl)c(I)c1. The number of carbonyl (C=O) groups is 1. The number of ether oxygens (including phenoxy) is 1. The third kappa shape index (κ3) is 4.04. The molecule has 1 aliphatic rings. The van der Waals surface area contributed by atoms with Crippen LogP contribution >= 0.6 is 45.8 Å². The predicted octanol–water partition coefficient (Wildman–Crippen LogP) is 6.67. The van der Waals surface area contributed by atoms with Crippen LogP contribution in [0.25, 0.3) is 11.6 Å². The van der Waals surface area contributed by atoms with Gasteiger partial charge in [0.1, 0.15) is 12.4 Å². The number of benzene rings is 3. The Morgan fingerprint density at radius 1 is 1.04 bits per heavy atom. The van der Waals surface area contributed by atoms with Crippen LogP contribution in [0.15, 0.2) is 60.7 Å². The van der Waals surface area contributed by atoms with Crippen molar-refractivity contribution in [3.05, 3.63) is 91.0 Å². The molecule has 0 saturated carbocycles. The van der Waals surface area contributed by atoms with Crippen LogP contribution in [-0.2, 0) is 11.4 Å². The highest BCUT2D eigenvalue weighted by atomic mass is 127. The van der Waals surface area contributed by atoms with Crippen LogP contribution in [0.5, 0.6) is 5.75 Å². The summed E-state index contributed by atoms with van der Waals surface area (Å²) in [4.78, 5) is 12.3. The largest absolute Gasteiger partial charge is 0.488 e. The van der Waals surface area contributed by atoms with Gasteiger partial charge in [-0.3, -0.25) is 4.79 Å². The van der Waals surface area contributed by atoms with Crippen molar-refractivity contribution >= 4 is 69.0 Å². The number of anilines is 1. The molecular formula is C22H14Cl2INO2. The first-order valence-corrected chi connectivity index (χ1v) is 10.3. The molecule has 0 aromatic heterocycles. The number of nitrogens with one attached hydrogen (secondary N) is 1. The van der Waals surface area contributed by atoms with E-state index in [0.29, 0.717) is 22.2 Å². The molecule has 6 heteroatoms. The Labute approximate surface area is 186 Å². The van der Waals surface area contributed by atoms with Crippen LogP contribution in [0.2, 0.25) is 10.0 Å². The van der Waals surface area contributed by atoms with E-state index in [1.165, 1.54) is 0 Å². The summed E-state index contributed by atoms with van der Waals surface area (Å²) in [6.45, 7) is 0.349. The van der Waals surface area contributed by atoms with Crippen molar-refractivity contribution < 1.29 is 9.53 Å². The summed E-state index contributed by atoms with van der Waals surface area (Å²) in [5.41, 5.74) is 4.22. The Hall–Kier alpha value is -2.02. The molecule has 1 N–H and O–H groups in total. The van der Waals surface area contributed by atoms with Crippen LogP contribution < -0.4 is 10.1 Å². The maximum absolute atomic E-state index is 12.3. The minimum absolute atomic E-state index is 0.0890. The van der Waals surface area contributed by atoms with Gasteiger partial charge < -0.3 is 10.1 Å². The second-order valence-corrected chi connectivity index (χ2v) is 8.28. The third-order valence-corrected chi connectivity index (χ3v) is 5.81. The van der Waals surface area contributed by atoms with E-state index in [2.05, 4.69) is 27.9 Å². The molecule has 0 fully saturated rings. The Bertz CT molecular complexity index is 1110. The number of rotatable bonds is 4. The molecule has 1 heterocycles. The van der Waals surface area contributed by atoms with Crippen LogP contribution in [0.1, 0.15) is 16.7 Å². The maximum atomic E-state index is 12.3. The molecule has 3 aromatic rings. The van der Waals surface area contributed by atoms with E-state index in [0.717, 1.165) is 31.7 Å². The van der Waals surface area contributed by atoms with E-state index in [-0.39, 0.29) is 5.91 Å². The third-order valence-electron chi connectivity index (χ3n) is 4.38. The number of halogens is 3. The van der Waals surface area contributed by atoms with E-state index < -0.39 is 0 Å². The molecule has 0 atom stereocenters. The zero-order chi connectivity index (χ0) is 19.7. The normalized spacial score (nSPS) is 14.1. The lowest BCUT2D eigenvalue weighted by molar-refractivity contribution is -0.110. The van der Waals surface area contributed by atoms with Gasteiger partial charge >= 0.3 is 0 Å². The van der Waals surface area contributed by atoms with Gasteiger partial charge in [0.2, 0.25) is 0 Å². The molecule has 0 saturated heterocycles. The topological polar surface area (TPSA) is 38.3 Å². The van der Waals surface area contributed by atoms with Gasteiger partial charge in [-0.05, 0) is 64.6 Å². The molecule has 1 amide bonds. The van der Waals surface area contributed by atoms with Crippen LogP contribution in [0, 0.1) is 3.57 Å². The fourth-order valence-corrected chi connectivity index (χ4v) is 4.13. The van der Waals surface area contributed by atoms with Crippen molar-refractivity contribution in [2.45, 2.75) is 6.61 Å². The molecule has 0 radical (unpaired) electrons. The number of carbonyl (C=O) groups excluding carboxylic acids is 1. The van der Waals surface area contributed by atoms with Crippen molar-refractivity contribution in [3.63, 3.8) is 0 Å². The van der Waals surface area contributed by atoms with E-state index in [4.69, 9.17) is 27.9 Å². The molecule has 3 aromatic carbocycles. The van der Waals surface area contributed by atoms with Gasteiger partial charge in [0.25, 0.3) is 5.91 Å². The summed E-state index contributed by atoms with van der Waals surface area (Å²) in [5.74, 6) is 0.666.